The van der Waals surface area contributed by atoms with Crippen molar-refractivity contribution in [1.82, 2.24) is 15.0 Å². The van der Waals surface area contributed by atoms with Gasteiger partial charge in [0.1, 0.15) is 11.5 Å². The molecule has 0 saturated heterocycles. The van der Waals surface area contributed by atoms with Crippen LogP contribution in [0.5, 0.6) is 5.75 Å². The number of carbonyl (C=O) groups is 1. The summed E-state index contributed by atoms with van der Waals surface area (Å²) in [5, 5.41) is 8.89. The lowest BCUT2D eigenvalue weighted by Crippen LogP contribution is -2.09. The molecule has 0 aliphatic heterocycles. The van der Waals surface area contributed by atoms with E-state index in [1.807, 2.05) is 56.3 Å². The van der Waals surface area contributed by atoms with Crippen LogP contribution in [0.25, 0.3) is 22.8 Å². The second-order valence-electron chi connectivity index (χ2n) is 8.30. The van der Waals surface area contributed by atoms with Crippen LogP contribution in [0.4, 0.5) is 0 Å². The Labute approximate surface area is 198 Å². The Morgan fingerprint density at radius 2 is 1.76 bits per heavy atom. The molecule has 174 valence electrons. The Kier molecular flexibility index (Phi) is 7.01. The summed E-state index contributed by atoms with van der Waals surface area (Å²) in [5.74, 6) is 2.00. The lowest BCUT2D eigenvalue weighted by molar-refractivity contribution is -0.136. The Morgan fingerprint density at radius 1 is 1.06 bits per heavy atom. The fourth-order valence-corrected chi connectivity index (χ4v) is 3.78. The highest BCUT2D eigenvalue weighted by molar-refractivity contribution is 5.67. The van der Waals surface area contributed by atoms with Gasteiger partial charge in [-0.15, -0.1) is 0 Å². The number of hydrogen-bond donors (Lipinski definition) is 1. The third kappa shape index (κ3) is 5.49. The number of nitrogens with zero attached hydrogens (tertiary/aromatic N) is 3. The predicted octanol–water partition coefficient (Wildman–Crippen LogP) is 5.62. The average Bonchev–Trinajstić information content (AvgIpc) is 3.24. The zero-order chi connectivity index (χ0) is 24.1. The number of rotatable bonds is 9. The van der Waals surface area contributed by atoms with E-state index in [4.69, 9.17) is 19.2 Å². The van der Waals surface area contributed by atoms with Crippen LogP contribution in [0.3, 0.4) is 0 Å². The Bertz CT molecular complexity index is 1270. The van der Waals surface area contributed by atoms with Gasteiger partial charge in [0.15, 0.2) is 5.82 Å². The Balaban J connectivity index is 1.41. The Hall–Kier alpha value is -4.00. The van der Waals surface area contributed by atoms with Gasteiger partial charge in [-0.3, -0.25) is 4.79 Å². The number of aromatic nitrogens is 3. The fraction of sp³-hybridized carbons (Fsp3) is 0.259. The second-order valence-corrected chi connectivity index (χ2v) is 8.30. The van der Waals surface area contributed by atoms with Gasteiger partial charge in [-0.2, -0.15) is 0 Å². The van der Waals surface area contributed by atoms with Gasteiger partial charge in [0.2, 0.25) is 5.89 Å². The highest BCUT2D eigenvalue weighted by Crippen LogP contribution is 2.28. The quantitative estimate of drug-likeness (QED) is 0.348. The highest BCUT2D eigenvalue weighted by atomic mass is 16.5. The number of hydrogen-bond acceptors (Lipinski definition) is 6. The molecule has 0 aliphatic rings. The van der Waals surface area contributed by atoms with Gasteiger partial charge in [0.25, 0.3) is 0 Å². The fourth-order valence-electron chi connectivity index (χ4n) is 3.78. The van der Waals surface area contributed by atoms with Crippen molar-refractivity contribution in [2.45, 2.75) is 39.5 Å². The number of carboxylic acid groups (broad SMARTS) is 1. The average molecular weight is 458 g/mol. The summed E-state index contributed by atoms with van der Waals surface area (Å²) < 4.78 is 12.0. The first-order valence-corrected chi connectivity index (χ1v) is 11.2. The molecule has 1 atom stereocenters. The van der Waals surface area contributed by atoms with Gasteiger partial charge in [0.05, 0.1) is 12.3 Å². The molecule has 2 heterocycles. The molecule has 0 unspecified atom stereocenters. The molecule has 0 aliphatic carbocycles. The van der Waals surface area contributed by atoms with Crippen LogP contribution in [0.1, 0.15) is 41.8 Å². The van der Waals surface area contributed by atoms with Crippen LogP contribution in [0.15, 0.2) is 65.3 Å². The van der Waals surface area contributed by atoms with Crippen molar-refractivity contribution in [1.29, 1.82) is 0 Å². The first-order valence-electron chi connectivity index (χ1n) is 11.2. The highest BCUT2D eigenvalue weighted by Gasteiger charge is 2.18. The molecule has 0 spiro atoms. The first-order chi connectivity index (χ1) is 16.4. The van der Waals surface area contributed by atoms with Crippen molar-refractivity contribution < 1.29 is 19.1 Å². The molecule has 0 saturated carbocycles. The topological polar surface area (TPSA) is 98.3 Å². The summed E-state index contributed by atoms with van der Waals surface area (Å²) in [4.78, 5) is 24.1. The number of ether oxygens (including phenoxy) is 1. The van der Waals surface area contributed by atoms with E-state index in [9.17, 15) is 4.79 Å². The zero-order valence-corrected chi connectivity index (χ0v) is 19.5. The van der Waals surface area contributed by atoms with Crippen LogP contribution in [0, 0.1) is 13.8 Å². The number of benzene rings is 2. The summed E-state index contributed by atoms with van der Waals surface area (Å²) in [6.45, 7) is 6.39. The SMILES string of the molecule is Cc1cc(OC[C@H](C)c2nc(-c3ccc(-c4ncccn4)cc3)oc2C)ccc1CCC(=O)O. The van der Waals surface area contributed by atoms with E-state index in [0.717, 1.165) is 39.5 Å². The molecule has 0 fully saturated rings. The third-order valence-corrected chi connectivity index (χ3v) is 5.68. The van der Waals surface area contributed by atoms with E-state index in [2.05, 4.69) is 16.9 Å². The van der Waals surface area contributed by atoms with Gasteiger partial charge in [0, 0.05) is 35.9 Å². The summed E-state index contributed by atoms with van der Waals surface area (Å²) in [6, 6.07) is 15.4. The molecule has 0 amide bonds. The van der Waals surface area contributed by atoms with Crippen molar-refractivity contribution in [3.63, 3.8) is 0 Å². The van der Waals surface area contributed by atoms with Crippen LogP contribution < -0.4 is 4.74 Å². The van der Waals surface area contributed by atoms with Crippen LogP contribution >= 0.6 is 0 Å². The van der Waals surface area contributed by atoms with E-state index < -0.39 is 5.97 Å². The normalized spacial score (nSPS) is 11.9. The molecule has 2 aromatic heterocycles. The first kappa shape index (κ1) is 23.2. The van der Waals surface area contributed by atoms with Crippen LogP contribution in [-0.4, -0.2) is 32.6 Å². The molecule has 34 heavy (non-hydrogen) atoms. The molecular weight excluding hydrogens is 430 g/mol. The van der Waals surface area contributed by atoms with Crippen molar-refractivity contribution in [3.8, 4) is 28.6 Å². The minimum absolute atomic E-state index is 0.0292. The molecule has 0 radical (unpaired) electrons. The minimum atomic E-state index is -0.794. The van der Waals surface area contributed by atoms with Gasteiger partial charge < -0.3 is 14.3 Å². The van der Waals surface area contributed by atoms with Crippen LogP contribution in [0.2, 0.25) is 0 Å². The standard InChI is InChI=1S/C27H27N3O4/c1-17-15-23(11-9-20(17)10-12-24(31)32)33-16-18(2)25-19(3)34-27(30-25)22-7-5-21(6-8-22)26-28-13-4-14-29-26/h4-9,11,13-15,18H,10,12,16H2,1-3H3,(H,31,32)/t18-/m0/s1. The molecule has 1 N–H and O–H groups in total. The molecule has 7 nitrogen and oxygen atoms in total. The number of aryl methyl sites for hydroxylation is 3. The van der Waals surface area contributed by atoms with E-state index >= 15 is 0 Å². The van der Waals surface area contributed by atoms with E-state index in [1.165, 1.54) is 0 Å². The van der Waals surface area contributed by atoms with E-state index in [1.54, 1.807) is 18.5 Å². The molecule has 4 aromatic rings. The summed E-state index contributed by atoms with van der Waals surface area (Å²) in [6.07, 6.45) is 4.07. The summed E-state index contributed by atoms with van der Waals surface area (Å²) in [5.41, 5.74) is 4.72. The van der Waals surface area contributed by atoms with Crippen molar-refractivity contribution in [2.75, 3.05) is 6.61 Å². The second kappa shape index (κ2) is 10.3. The van der Waals surface area contributed by atoms with Crippen LogP contribution in [-0.2, 0) is 11.2 Å². The van der Waals surface area contributed by atoms with Gasteiger partial charge in [-0.1, -0.05) is 25.1 Å². The van der Waals surface area contributed by atoms with E-state index in [-0.39, 0.29) is 12.3 Å². The van der Waals surface area contributed by atoms with Crippen molar-refractivity contribution >= 4 is 5.97 Å². The smallest absolute Gasteiger partial charge is 0.303 e. The van der Waals surface area contributed by atoms with E-state index in [0.29, 0.717) is 24.7 Å². The number of carboxylic acids is 1. The lowest BCUT2D eigenvalue weighted by Gasteiger charge is -2.13. The minimum Gasteiger partial charge on any atom is -0.493 e. The maximum Gasteiger partial charge on any atom is 0.303 e. The monoisotopic (exact) mass is 457 g/mol. The number of aliphatic carboxylic acids is 1. The molecule has 7 heteroatoms. The number of oxazole rings is 1. The van der Waals surface area contributed by atoms with Gasteiger partial charge in [-0.25, -0.2) is 15.0 Å². The predicted molar refractivity (Wildman–Crippen MR) is 129 cm³/mol. The summed E-state index contributed by atoms with van der Waals surface area (Å²) >= 11 is 0. The molecular formula is C27H27N3O4. The lowest BCUT2D eigenvalue weighted by atomic mass is 10.0. The van der Waals surface area contributed by atoms with Crippen molar-refractivity contribution in [3.05, 3.63) is 83.5 Å². The van der Waals surface area contributed by atoms with Gasteiger partial charge >= 0.3 is 5.97 Å². The molecule has 2 aromatic carbocycles. The molecule has 4 rings (SSSR count). The maximum absolute atomic E-state index is 10.8. The maximum atomic E-state index is 10.8. The third-order valence-electron chi connectivity index (χ3n) is 5.68. The largest absolute Gasteiger partial charge is 0.493 e. The molecule has 0 bridgehead atoms. The summed E-state index contributed by atoms with van der Waals surface area (Å²) in [7, 11) is 0. The van der Waals surface area contributed by atoms with Crippen molar-refractivity contribution in [2.24, 2.45) is 0 Å². The zero-order valence-electron chi connectivity index (χ0n) is 19.5. The Morgan fingerprint density at radius 3 is 2.44 bits per heavy atom. The van der Waals surface area contributed by atoms with Gasteiger partial charge in [-0.05, 0) is 61.7 Å².